The van der Waals surface area contributed by atoms with Gasteiger partial charge in [0.25, 0.3) is 6.43 Å². The first-order valence-electron chi connectivity index (χ1n) is 5.84. The van der Waals surface area contributed by atoms with Gasteiger partial charge < -0.3 is 15.5 Å². The Morgan fingerprint density at radius 1 is 1.10 bits per heavy atom. The number of phenols is 2. The molecule has 1 aromatic rings. The largest absolute Gasteiger partial charge is 0.508 e. The third-order valence-electron chi connectivity index (χ3n) is 3.12. The molecule has 1 saturated heterocycles. The second-order valence-electron chi connectivity index (χ2n) is 4.31. The zero-order chi connectivity index (χ0) is 13.1. The minimum Gasteiger partial charge on any atom is -0.508 e. The molecule has 0 aromatic heterocycles. The second kappa shape index (κ2) is 8.46. The summed E-state index contributed by atoms with van der Waals surface area (Å²) in [6.45, 7) is 2.33. The molecule has 1 aliphatic rings. The van der Waals surface area contributed by atoms with E-state index in [1.54, 1.807) is 4.90 Å². The third kappa shape index (κ3) is 4.34. The van der Waals surface area contributed by atoms with Crippen molar-refractivity contribution in [2.45, 2.75) is 12.5 Å². The van der Waals surface area contributed by atoms with Crippen LogP contribution in [0.3, 0.4) is 0 Å². The molecule has 2 rings (SSSR count). The lowest BCUT2D eigenvalue weighted by atomic mass is 10.0. The summed E-state index contributed by atoms with van der Waals surface area (Å²) in [5.41, 5.74) is 0.157. The average Bonchev–Trinajstić information content (AvgIpc) is 2.33. The first-order valence-corrected chi connectivity index (χ1v) is 5.84. The molecule has 0 amide bonds. The van der Waals surface area contributed by atoms with Gasteiger partial charge in [-0.25, -0.2) is 8.78 Å². The van der Waals surface area contributed by atoms with Crippen molar-refractivity contribution in [3.8, 4) is 11.5 Å². The topological polar surface area (TPSA) is 55.7 Å². The molecular formula is C12H18Cl2F2N2O2. The maximum absolute atomic E-state index is 13.2. The molecule has 0 aliphatic carbocycles. The van der Waals surface area contributed by atoms with E-state index < -0.39 is 12.5 Å². The SMILES string of the molecule is Cl.Cl.Oc1ccc([C@H](C(F)F)N2CCNCC2)c(O)c1. The van der Waals surface area contributed by atoms with Crippen LogP contribution < -0.4 is 5.32 Å². The van der Waals surface area contributed by atoms with E-state index in [-0.39, 0.29) is 41.9 Å². The predicted octanol–water partition coefficient (Wildman–Crippen LogP) is 2.15. The van der Waals surface area contributed by atoms with Crippen molar-refractivity contribution in [3.05, 3.63) is 23.8 Å². The van der Waals surface area contributed by atoms with Crippen LogP contribution in [0.1, 0.15) is 11.6 Å². The molecule has 0 spiro atoms. The van der Waals surface area contributed by atoms with Gasteiger partial charge in [0, 0.05) is 37.8 Å². The molecule has 0 bridgehead atoms. The van der Waals surface area contributed by atoms with E-state index in [4.69, 9.17) is 0 Å². The maximum atomic E-state index is 13.2. The average molecular weight is 331 g/mol. The molecule has 116 valence electrons. The van der Waals surface area contributed by atoms with Gasteiger partial charge in [-0.2, -0.15) is 0 Å². The summed E-state index contributed by atoms with van der Waals surface area (Å²) in [5, 5.41) is 22.0. The smallest absolute Gasteiger partial charge is 0.258 e. The highest BCUT2D eigenvalue weighted by Crippen LogP contribution is 2.35. The van der Waals surface area contributed by atoms with Gasteiger partial charge in [0.1, 0.15) is 11.5 Å². The lowest BCUT2D eigenvalue weighted by molar-refractivity contribution is 0.0170. The van der Waals surface area contributed by atoms with Crippen molar-refractivity contribution in [1.29, 1.82) is 0 Å². The van der Waals surface area contributed by atoms with Crippen LogP contribution in [-0.4, -0.2) is 47.7 Å². The van der Waals surface area contributed by atoms with Crippen LogP contribution in [0.4, 0.5) is 8.78 Å². The van der Waals surface area contributed by atoms with E-state index in [1.807, 2.05) is 0 Å². The predicted molar refractivity (Wildman–Crippen MR) is 77.5 cm³/mol. The molecule has 1 atom stereocenters. The summed E-state index contributed by atoms with van der Waals surface area (Å²) in [6.07, 6.45) is -2.58. The summed E-state index contributed by atoms with van der Waals surface area (Å²) in [5.74, 6) is -0.427. The molecule has 1 aliphatic heterocycles. The van der Waals surface area contributed by atoms with Gasteiger partial charge in [0.2, 0.25) is 0 Å². The van der Waals surface area contributed by atoms with Gasteiger partial charge >= 0.3 is 0 Å². The standard InChI is InChI=1S/C12H16F2N2O2.2ClH/c13-12(14)11(16-5-3-15-4-6-16)9-2-1-8(17)7-10(9)18;;/h1-2,7,11-12,15,17-18H,3-6H2;2*1H/t11-;;/m1../s1. The fourth-order valence-electron chi connectivity index (χ4n) is 2.23. The van der Waals surface area contributed by atoms with E-state index >= 15 is 0 Å². The van der Waals surface area contributed by atoms with Gasteiger partial charge in [-0.05, 0) is 12.1 Å². The summed E-state index contributed by atoms with van der Waals surface area (Å²) in [7, 11) is 0. The minimum absolute atomic E-state index is 0. The zero-order valence-electron chi connectivity index (χ0n) is 10.6. The lowest BCUT2D eigenvalue weighted by Gasteiger charge is -2.34. The van der Waals surface area contributed by atoms with Gasteiger partial charge in [0.15, 0.2) is 0 Å². The fraction of sp³-hybridized carbons (Fsp3) is 0.500. The number of rotatable bonds is 3. The van der Waals surface area contributed by atoms with E-state index in [2.05, 4.69) is 5.32 Å². The number of benzene rings is 1. The molecular weight excluding hydrogens is 313 g/mol. The Balaban J connectivity index is 0.00000180. The zero-order valence-corrected chi connectivity index (χ0v) is 12.3. The number of aromatic hydroxyl groups is 2. The highest BCUT2D eigenvalue weighted by atomic mass is 35.5. The molecule has 1 aromatic carbocycles. The van der Waals surface area contributed by atoms with Crippen molar-refractivity contribution in [2.75, 3.05) is 26.2 Å². The van der Waals surface area contributed by atoms with Crippen LogP contribution in [0.25, 0.3) is 0 Å². The first kappa shape index (κ1) is 19.2. The molecule has 20 heavy (non-hydrogen) atoms. The molecule has 1 heterocycles. The third-order valence-corrected chi connectivity index (χ3v) is 3.12. The van der Waals surface area contributed by atoms with Crippen LogP contribution in [0.5, 0.6) is 11.5 Å². The Bertz CT molecular complexity index is 418. The van der Waals surface area contributed by atoms with Gasteiger partial charge in [0.05, 0.1) is 6.04 Å². The highest BCUT2D eigenvalue weighted by molar-refractivity contribution is 5.85. The number of halogens is 4. The number of nitrogens with one attached hydrogen (secondary N) is 1. The number of piperazine rings is 1. The summed E-state index contributed by atoms with van der Waals surface area (Å²) < 4.78 is 26.4. The van der Waals surface area contributed by atoms with Crippen molar-refractivity contribution in [3.63, 3.8) is 0 Å². The molecule has 0 saturated carbocycles. The number of hydrogen-bond acceptors (Lipinski definition) is 4. The Labute approximate surface area is 128 Å². The Morgan fingerprint density at radius 2 is 1.70 bits per heavy atom. The second-order valence-corrected chi connectivity index (χ2v) is 4.31. The number of hydrogen-bond donors (Lipinski definition) is 3. The van der Waals surface area contributed by atoms with Crippen LogP contribution in [0, 0.1) is 0 Å². The summed E-state index contributed by atoms with van der Waals surface area (Å²) in [6, 6.07) is 2.62. The molecule has 3 N–H and O–H groups in total. The van der Waals surface area contributed by atoms with Crippen molar-refractivity contribution in [1.82, 2.24) is 10.2 Å². The van der Waals surface area contributed by atoms with Crippen LogP contribution in [-0.2, 0) is 0 Å². The normalized spacial score (nSPS) is 17.1. The molecule has 0 radical (unpaired) electrons. The monoisotopic (exact) mass is 330 g/mol. The van der Waals surface area contributed by atoms with Gasteiger partial charge in [-0.15, -0.1) is 24.8 Å². The van der Waals surface area contributed by atoms with Crippen molar-refractivity contribution in [2.24, 2.45) is 0 Å². The minimum atomic E-state index is -2.58. The number of phenolic OH excluding ortho intramolecular Hbond substituents is 2. The summed E-state index contributed by atoms with van der Waals surface area (Å²) >= 11 is 0. The van der Waals surface area contributed by atoms with Crippen molar-refractivity contribution >= 4 is 24.8 Å². The molecule has 0 unspecified atom stereocenters. The van der Waals surface area contributed by atoms with Gasteiger partial charge in [-0.3, -0.25) is 4.90 Å². The highest BCUT2D eigenvalue weighted by Gasteiger charge is 2.31. The van der Waals surface area contributed by atoms with Crippen LogP contribution in [0.15, 0.2) is 18.2 Å². The maximum Gasteiger partial charge on any atom is 0.258 e. The van der Waals surface area contributed by atoms with Crippen LogP contribution in [0.2, 0.25) is 0 Å². The number of nitrogens with zero attached hydrogens (tertiary/aromatic N) is 1. The van der Waals surface area contributed by atoms with Crippen molar-refractivity contribution < 1.29 is 19.0 Å². The Morgan fingerprint density at radius 3 is 2.20 bits per heavy atom. The molecule has 8 heteroatoms. The fourth-order valence-corrected chi connectivity index (χ4v) is 2.23. The first-order chi connectivity index (χ1) is 8.59. The molecule has 1 fully saturated rings. The van der Waals surface area contributed by atoms with Crippen LogP contribution >= 0.6 is 24.8 Å². The van der Waals surface area contributed by atoms with E-state index in [0.717, 1.165) is 6.07 Å². The Hall–Kier alpha value is -0.820. The van der Waals surface area contributed by atoms with E-state index in [9.17, 15) is 19.0 Å². The lowest BCUT2D eigenvalue weighted by Crippen LogP contribution is -2.46. The quantitative estimate of drug-likeness (QED) is 0.794. The van der Waals surface area contributed by atoms with Gasteiger partial charge in [-0.1, -0.05) is 0 Å². The number of alkyl halides is 2. The van der Waals surface area contributed by atoms with E-state index in [0.29, 0.717) is 26.2 Å². The molecule has 4 nitrogen and oxygen atoms in total. The summed E-state index contributed by atoms with van der Waals surface area (Å²) in [4.78, 5) is 1.65. The van der Waals surface area contributed by atoms with E-state index in [1.165, 1.54) is 12.1 Å². The Kier molecular flexibility index (Phi) is 8.12.